The molecule has 21 heavy (non-hydrogen) atoms. The minimum absolute atomic E-state index is 0.139. The minimum atomic E-state index is -0.779. The number of aliphatic hydroxyl groups is 1. The Morgan fingerprint density at radius 1 is 1.33 bits per heavy atom. The van der Waals surface area contributed by atoms with E-state index in [4.69, 9.17) is 28.3 Å². The molecule has 0 aromatic heterocycles. The molecule has 0 spiro atoms. The molecule has 3 N–H and O–H groups in total. The van der Waals surface area contributed by atoms with E-state index < -0.39 is 23.4 Å². The molecule has 1 aromatic rings. The van der Waals surface area contributed by atoms with E-state index in [-0.39, 0.29) is 22.2 Å². The van der Waals surface area contributed by atoms with Gasteiger partial charge in [0.15, 0.2) is 0 Å². The SMILES string of the molecule is CC(NC(=O)c1cccc(Cl)c1Cl)C(=O)NC(C)(C)CO. The maximum Gasteiger partial charge on any atom is 0.253 e. The van der Waals surface area contributed by atoms with Crippen LogP contribution in [0.2, 0.25) is 10.0 Å². The third kappa shape index (κ3) is 4.88. The molecule has 7 heteroatoms. The molecule has 0 radical (unpaired) electrons. The van der Waals surface area contributed by atoms with E-state index in [1.165, 1.54) is 6.07 Å². The van der Waals surface area contributed by atoms with Crippen LogP contribution in [0.4, 0.5) is 0 Å². The summed E-state index contributed by atoms with van der Waals surface area (Å²) in [6, 6.07) is 3.91. The molecule has 5 nitrogen and oxygen atoms in total. The molecule has 1 unspecified atom stereocenters. The molecule has 1 atom stereocenters. The summed E-state index contributed by atoms with van der Waals surface area (Å²) in [5, 5.41) is 14.7. The first-order chi connectivity index (χ1) is 9.68. The van der Waals surface area contributed by atoms with Gasteiger partial charge >= 0.3 is 0 Å². The van der Waals surface area contributed by atoms with Gasteiger partial charge in [-0.2, -0.15) is 0 Å². The number of aliphatic hydroxyl groups excluding tert-OH is 1. The predicted octanol–water partition coefficient (Wildman–Crippen LogP) is 2.00. The van der Waals surface area contributed by atoms with Gasteiger partial charge in [0, 0.05) is 0 Å². The number of hydrogen-bond acceptors (Lipinski definition) is 3. The summed E-state index contributed by atoms with van der Waals surface area (Å²) >= 11 is 11.8. The van der Waals surface area contributed by atoms with Crippen LogP contribution in [0.1, 0.15) is 31.1 Å². The lowest BCUT2D eigenvalue weighted by Gasteiger charge is -2.26. The van der Waals surface area contributed by atoms with E-state index >= 15 is 0 Å². The summed E-state index contributed by atoms with van der Waals surface area (Å²) in [7, 11) is 0. The van der Waals surface area contributed by atoms with Gasteiger partial charge in [-0.05, 0) is 32.9 Å². The lowest BCUT2D eigenvalue weighted by Crippen LogP contribution is -2.53. The summed E-state index contributed by atoms with van der Waals surface area (Å²) in [6.45, 7) is 4.68. The van der Waals surface area contributed by atoms with Crippen molar-refractivity contribution in [2.45, 2.75) is 32.4 Å². The number of nitrogens with one attached hydrogen (secondary N) is 2. The lowest BCUT2D eigenvalue weighted by atomic mass is 10.1. The van der Waals surface area contributed by atoms with Crippen LogP contribution in [0, 0.1) is 0 Å². The van der Waals surface area contributed by atoms with Crippen LogP contribution in [0.3, 0.4) is 0 Å². The average Bonchev–Trinajstić information content (AvgIpc) is 2.41. The Kier molecular flexibility index (Phi) is 6.01. The fraction of sp³-hybridized carbons (Fsp3) is 0.429. The molecule has 0 bridgehead atoms. The molecule has 0 aliphatic rings. The van der Waals surface area contributed by atoms with Gasteiger partial charge in [-0.15, -0.1) is 0 Å². The fourth-order valence-corrected chi connectivity index (χ4v) is 1.89. The second-order valence-corrected chi connectivity index (χ2v) is 6.11. The van der Waals surface area contributed by atoms with Crippen molar-refractivity contribution in [3.05, 3.63) is 33.8 Å². The summed E-state index contributed by atoms with van der Waals surface area (Å²) < 4.78 is 0. The largest absolute Gasteiger partial charge is 0.394 e. The Hall–Kier alpha value is -1.30. The molecule has 1 rings (SSSR count). The molecule has 0 aliphatic carbocycles. The zero-order chi connectivity index (χ0) is 16.2. The van der Waals surface area contributed by atoms with Gasteiger partial charge in [0.25, 0.3) is 5.91 Å². The van der Waals surface area contributed by atoms with E-state index in [1.807, 2.05) is 0 Å². The maximum absolute atomic E-state index is 12.1. The van der Waals surface area contributed by atoms with E-state index in [1.54, 1.807) is 32.9 Å². The van der Waals surface area contributed by atoms with Crippen molar-refractivity contribution in [1.82, 2.24) is 10.6 Å². The highest BCUT2D eigenvalue weighted by molar-refractivity contribution is 6.43. The van der Waals surface area contributed by atoms with Gasteiger partial charge in [0.1, 0.15) is 6.04 Å². The maximum atomic E-state index is 12.1. The summed E-state index contributed by atoms with van der Waals surface area (Å²) in [4.78, 5) is 24.0. The van der Waals surface area contributed by atoms with Crippen LogP contribution in [0.5, 0.6) is 0 Å². The number of halogens is 2. The number of benzene rings is 1. The monoisotopic (exact) mass is 332 g/mol. The van der Waals surface area contributed by atoms with Crippen LogP contribution < -0.4 is 10.6 Å². The Balaban J connectivity index is 2.74. The summed E-state index contributed by atoms with van der Waals surface area (Å²) in [6.07, 6.45) is 0. The standard InChI is InChI=1S/C14H18Cl2N2O3/c1-8(12(20)18-14(2,3)7-19)17-13(21)9-5-4-6-10(15)11(9)16/h4-6,8,19H,7H2,1-3H3,(H,17,21)(H,18,20). The molecule has 0 saturated carbocycles. The third-order valence-electron chi connectivity index (χ3n) is 2.79. The lowest BCUT2D eigenvalue weighted by molar-refractivity contribution is -0.124. The van der Waals surface area contributed by atoms with Crippen LogP contribution in [0.15, 0.2) is 18.2 Å². The van der Waals surface area contributed by atoms with Crippen LogP contribution >= 0.6 is 23.2 Å². The Bertz CT molecular complexity index is 547. The van der Waals surface area contributed by atoms with E-state index in [2.05, 4.69) is 10.6 Å². The van der Waals surface area contributed by atoms with Gasteiger partial charge in [-0.1, -0.05) is 29.3 Å². The molecule has 0 heterocycles. The van der Waals surface area contributed by atoms with Gasteiger partial charge in [-0.25, -0.2) is 0 Å². The molecule has 116 valence electrons. The first kappa shape index (κ1) is 17.8. The summed E-state index contributed by atoms with van der Waals surface area (Å²) in [5.74, 6) is -0.896. The minimum Gasteiger partial charge on any atom is -0.394 e. The first-order valence-corrected chi connectivity index (χ1v) is 7.11. The number of rotatable bonds is 5. The van der Waals surface area contributed by atoms with Crippen LogP contribution in [-0.2, 0) is 4.79 Å². The molecular formula is C14H18Cl2N2O3. The van der Waals surface area contributed by atoms with Gasteiger partial charge < -0.3 is 15.7 Å². The highest BCUT2D eigenvalue weighted by Crippen LogP contribution is 2.25. The van der Waals surface area contributed by atoms with Crippen molar-refractivity contribution < 1.29 is 14.7 Å². The molecule has 1 aromatic carbocycles. The van der Waals surface area contributed by atoms with Crippen LogP contribution in [0.25, 0.3) is 0 Å². The van der Waals surface area contributed by atoms with Crippen molar-refractivity contribution in [3.63, 3.8) is 0 Å². The second-order valence-electron chi connectivity index (χ2n) is 5.33. The molecule has 2 amide bonds. The van der Waals surface area contributed by atoms with Gasteiger partial charge in [0.2, 0.25) is 5.91 Å². The van der Waals surface area contributed by atoms with Crippen molar-refractivity contribution >= 4 is 35.0 Å². The number of carbonyl (C=O) groups excluding carboxylic acids is 2. The summed E-state index contributed by atoms with van der Waals surface area (Å²) in [5.41, 5.74) is -0.561. The average molecular weight is 333 g/mol. The first-order valence-electron chi connectivity index (χ1n) is 6.35. The Morgan fingerprint density at radius 2 is 1.95 bits per heavy atom. The quantitative estimate of drug-likeness (QED) is 0.771. The van der Waals surface area contributed by atoms with E-state index in [0.29, 0.717) is 0 Å². The zero-order valence-corrected chi connectivity index (χ0v) is 13.5. The normalized spacial score (nSPS) is 12.7. The molecular weight excluding hydrogens is 315 g/mol. The zero-order valence-electron chi connectivity index (χ0n) is 12.0. The van der Waals surface area contributed by atoms with Crippen molar-refractivity contribution in [1.29, 1.82) is 0 Å². The highest BCUT2D eigenvalue weighted by atomic mass is 35.5. The number of carbonyl (C=O) groups is 2. The molecule has 0 saturated heterocycles. The van der Waals surface area contributed by atoms with Crippen LogP contribution in [-0.4, -0.2) is 35.1 Å². The van der Waals surface area contributed by atoms with Crippen molar-refractivity contribution in [2.75, 3.05) is 6.61 Å². The van der Waals surface area contributed by atoms with Crippen molar-refractivity contribution in [3.8, 4) is 0 Å². The number of hydrogen-bond donors (Lipinski definition) is 3. The third-order valence-corrected chi connectivity index (χ3v) is 3.61. The van der Waals surface area contributed by atoms with Crippen molar-refractivity contribution in [2.24, 2.45) is 0 Å². The predicted molar refractivity (Wildman–Crippen MR) is 82.7 cm³/mol. The molecule has 0 fully saturated rings. The van der Waals surface area contributed by atoms with E-state index in [0.717, 1.165) is 0 Å². The second kappa shape index (κ2) is 7.11. The fourth-order valence-electron chi connectivity index (χ4n) is 1.50. The Labute approximate surface area is 133 Å². The van der Waals surface area contributed by atoms with Gasteiger partial charge in [0.05, 0.1) is 27.8 Å². The smallest absolute Gasteiger partial charge is 0.253 e. The molecule has 0 aliphatic heterocycles. The highest BCUT2D eigenvalue weighted by Gasteiger charge is 2.24. The topological polar surface area (TPSA) is 78.4 Å². The number of amides is 2. The van der Waals surface area contributed by atoms with Gasteiger partial charge in [-0.3, -0.25) is 9.59 Å². The van der Waals surface area contributed by atoms with E-state index in [9.17, 15) is 9.59 Å². The Morgan fingerprint density at radius 3 is 2.52 bits per heavy atom.